The van der Waals surface area contributed by atoms with Crippen LogP contribution in [0.5, 0.6) is 0 Å². The zero-order valence-electron chi connectivity index (χ0n) is 10.5. The van der Waals surface area contributed by atoms with E-state index in [9.17, 15) is 4.39 Å². The van der Waals surface area contributed by atoms with E-state index in [1.54, 1.807) is 4.68 Å². The Balaban J connectivity index is 0.000000606. The second-order valence-corrected chi connectivity index (χ2v) is 3.74. The first kappa shape index (κ1) is 12.6. The van der Waals surface area contributed by atoms with Crippen molar-refractivity contribution in [1.29, 1.82) is 0 Å². The highest BCUT2D eigenvalue weighted by atomic mass is 19.1. The fourth-order valence-corrected chi connectivity index (χ4v) is 1.51. The molecule has 88 valence electrons. The van der Waals surface area contributed by atoms with Crippen LogP contribution in [0.2, 0.25) is 0 Å². The molecule has 0 saturated carbocycles. The monoisotopic (exact) mass is 223 g/mol. The van der Waals surface area contributed by atoms with Crippen LogP contribution in [0, 0.1) is 12.7 Å². The molecule has 0 amide bonds. The molecular formula is C12H18FN3. The number of aromatic nitrogens is 3. The highest BCUT2D eigenvalue weighted by Crippen LogP contribution is 2.19. The molecule has 0 bridgehead atoms. The summed E-state index contributed by atoms with van der Waals surface area (Å²) in [5.74, 6) is -0.299. The lowest BCUT2D eigenvalue weighted by Crippen LogP contribution is -2.02. The van der Waals surface area contributed by atoms with Gasteiger partial charge in [-0.3, -0.25) is 0 Å². The van der Waals surface area contributed by atoms with E-state index in [-0.39, 0.29) is 11.9 Å². The Labute approximate surface area is 95.3 Å². The summed E-state index contributed by atoms with van der Waals surface area (Å²) in [6.07, 6.45) is 0. The molecule has 0 spiro atoms. The van der Waals surface area contributed by atoms with E-state index in [4.69, 9.17) is 0 Å². The summed E-state index contributed by atoms with van der Waals surface area (Å²) >= 11 is 0. The van der Waals surface area contributed by atoms with Crippen LogP contribution >= 0.6 is 0 Å². The lowest BCUT2D eigenvalue weighted by atomic mass is 10.2. The topological polar surface area (TPSA) is 30.7 Å². The van der Waals surface area contributed by atoms with Crippen LogP contribution in [0.25, 0.3) is 11.0 Å². The molecule has 0 aliphatic heterocycles. The van der Waals surface area contributed by atoms with E-state index >= 15 is 0 Å². The second-order valence-electron chi connectivity index (χ2n) is 3.74. The van der Waals surface area contributed by atoms with E-state index in [1.165, 1.54) is 6.07 Å². The van der Waals surface area contributed by atoms with Crippen molar-refractivity contribution in [3.05, 3.63) is 23.5 Å². The van der Waals surface area contributed by atoms with Gasteiger partial charge in [-0.1, -0.05) is 19.1 Å². The molecule has 1 aromatic carbocycles. The molecule has 1 heterocycles. The van der Waals surface area contributed by atoms with Crippen LogP contribution in [-0.2, 0) is 0 Å². The molecule has 16 heavy (non-hydrogen) atoms. The van der Waals surface area contributed by atoms with Gasteiger partial charge >= 0.3 is 0 Å². The Morgan fingerprint density at radius 1 is 1.25 bits per heavy atom. The predicted octanol–water partition coefficient (Wildman–Crippen LogP) is 3.49. The zero-order valence-corrected chi connectivity index (χ0v) is 10.5. The summed E-state index contributed by atoms with van der Waals surface area (Å²) in [7, 11) is 0. The molecule has 0 atom stereocenters. The second kappa shape index (κ2) is 5.05. The summed E-state index contributed by atoms with van der Waals surface area (Å²) in [6, 6.07) is 3.57. The minimum Gasteiger partial charge on any atom is -0.242 e. The van der Waals surface area contributed by atoms with Gasteiger partial charge in [0.1, 0.15) is 5.52 Å². The van der Waals surface area contributed by atoms with Crippen LogP contribution in [0.4, 0.5) is 4.39 Å². The Morgan fingerprint density at radius 2 is 1.88 bits per heavy atom. The molecular weight excluding hydrogens is 205 g/mol. The molecule has 0 aliphatic rings. The van der Waals surface area contributed by atoms with Crippen molar-refractivity contribution in [1.82, 2.24) is 15.0 Å². The van der Waals surface area contributed by atoms with Gasteiger partial charge in [-0.2, -0.15) is 0 Å². The van der Waals surface area contributed by atoms with Crippen LogP contribution in [0.15, 0.2) is 12.1 Å². The fourth-order valence-electron chi connectivity index (χ4n) is 1.51. The average Bonchev–Trinajstić information content (AvgIpc) is 2.64. The molecule has 1 aromatic heterocycles. The van der Waals surface area contributed by atoms with Crippen LogP contribution < -0.4 is 0 Å². The first-order chi connectivity index (χ1) is 7.59. The van der Waals surface area contributed by atoms with E-state index in [0.29, 0.717) is 5.52 Å². The number of rotatable bonds is 1. The van der Waals surface area contributed by atoms with Gasteiger partial charge in [-0.05, 0) is 38.5 Å². The molecule has 0 radical (unpaired) electrons. The van der Waals surface area contributed by atoms with Crippen LogP contribution in [0.3, 0.4) is 0 Å². The molecule has 0 saturated heterocycles. The van der Waals surface area contributed by atoms with Crippen molar-refractivity contribution in [2.24, 2.45) is 0 Å². The minimum absolute atomic E-state index is 0.196. The summed E-state index contributed by atoms with van der Waals surface area (Å²) < 4.78 is 15.1. The van der Waals surface area contributed by atoms with Crippen molar-refractivity contribution in [3.8, 4) is 0 Å². The van der Waals surface area contributed by atoms with Gasteiger partial charge < -0.3 is 0 Å². The van der Waals surface area contributed by atoms with Gasteiger partial charge in [-0.15, -0.1) is 5.10 Å². The third-order valence-corrected chi connectivity index (χ3v) is 2.16. The number of fused-ring (bicyclic) bond motifs is 1. The molecule has 0 unspecified atom stereocenters. The van der Waals surface area contributed by atoms with Crippen LogP contribution in [-0.4, -0.2) is 15.0 Å². The fraction of sp³-hybridized carbons (Fsp3) is 0.500. The lowest BCUT2D eigenvalue weighted by molar-refractivity contribution is 0.530. The molecule has 0 N–H and O–H groups in total. The predicted molar refractivity (Wildman–Crippen MR) is 64.0 cm³/mol. The maximum Gasteiger partial charge on any atom is 0.153 e. The summed E-state index contributed by atoms with van der Waals surface area (Å²) in [6.45, 7) is 9.85. The van der Waals surface area contributed by atoms with Crippen molar-refractivity contribution in [2.45, 2.75) is 40.7 Å². The smallest absolute Gasteiger partial charge is 0.153 e. The van der Waals surface area contributed by atoms with Crippen LogP contribution in [0.1, 0.15) is 39.3 Å². The highest BCUT2D eigenvalue weighted by Gasteiger charge is 2.11. The first-order valence-electron chi connectivity index (χ1n) is 5.60. The molecule has 0 aliphatic carbocycles. The normalized spacial score (nSPS) is 10.4. The third kappa shape index (κ3) is 2.21. The van der Waals surface area contributed by atoms with Crippen molar-refractivity contribution in [2.75, 3.05) is 0 Å². The number of aryl methyl sites for hydroxylation is 1. The Morgan fingerprint density at radius 3 is 2.44 bits per heavy atom. The quantitative estimate of drug-likeness (QED) is 0.741. The Kier molecular flexibility index (Phi) is 3.99. The average molecular weight is 223 g/mol. The van der Waals surface area contributed by atoms with Gasteiger partial charge in [0.15, 0.2) is 5.82 Å². The number of hydrogen-bond acceptors (Lipinski definition) is 2. The maximum absolute atomic E-state index is 13.4. The Hall–Kier alpha value is -1.45. The molecule has 2 aromatic rings. The Bertz CT molecular complexity index is 474. The van der Waals surface area contributed by atoms with Gasteiger partial charge in [0.05, 0.1) is 5.52 Å². The first-order valence-corrected chi connectivity index (χ1v) is 5.60. The number of halogens is 1. The van der Waals surface area contributed by atoms with Gasteiger partial charge in [-0.25, -0.2) is 9.07 Å². The van der Waals surface area contributed by atoms with Gasteiger partial charge in [0.2, 0.25) is 0 Å². The summed E-state index contributed by atoms with van der Waals surface area (Å²) in [4.78, 5) is 0. The van der Waals surface area contributed by atoms with Gasteiger partial charge in [0.25, 0.3) is 0 Å². The largest absolute Gasteiger partial charge is 0.242 e. The van der Waals surface area contributed by atoms with Gasteiger partial charge in [0, 0.05) is 6.04 Å². The van der Waals surface area contributed by atoms with Crippen molar-refractivity contribution >= 4 is 11.0 Å². The van der Waals surface area contributed by atoms with E-state index in [0.717, 1.165) is 11.1 Å². The molecule has 4 heteroatoms. The van der Waals surface area contributed by atoms with E-state index in [2.05, 4.69) is 10.3 Å². The third-order valence-electron chi connectivity index (χ3n) is 2.16. The number of nitrogens with zero attached hydrogens (tertiary/aromatic N) is 3. The summed E-state index contributed by atoms with van der Waals surface area (Å²) in [5.41, 5.74) is 2.00. The molecule has 0 fully saturated rings. The highest BCUT2D eigenvalue weighted by molar-refractivity contribution is 5.75. The molecule has 2 rings (SSSR count). The summed E-state index contributed by atoms with van der Waals surface area (Å²) in [5, 5.41) is 7.74. The van der Waals surface area contributed by atoms with Crippen molar-refractivity contribution < 1.29 is 4.39 Å². The minimum atomic E-state index is -0.299. The number of hydrogen-bond donors (Lipinski definition) is 0. The van der Waals surface area contributed by atoms with E-state index in [1.807, 2.05) is 40.7 Å². The van der Waals surface area contributed by atoms with E-state index < -0.39 is 0 Å². The van der Waals surface area contributed by atoms with Crippen molar-refractivity contribution in [3.63, 3.8) is 0 Å². The standard InChI is InChI=1S/C10H12FN3.C2H6/c1-6(2)14-9-5-7(3)4-8(11)10(9)12-13-14;1-2/h4-6H,1-3H3;1-2H3. The SMILES string of the molecule is CC.Cc1cc(F)c2nnn(C(C)C)c2c1. The maximum atomic E-state index is 13.4. The zero-order chi connectivity index (χ0) is 12.3. The molecule has 3 nitrogen and oxygen atoms in total. The number of benzene rings is 1. The lowest BCUT2D eigenvalue weighted by Gasteiger charge is -2.05.